The van der Waals surface area contributed by atoms with Gasteiger partial charge in [0.1, 0.15) is 0 Å². The molecule has 0 saturated carbocycles. The summed E-state index contributed by atoms with van der Waals surface area (Å²) in [6, 6.07) is 6.03. The Morgan fingerprint density at radius 2 is 1.78 bits per heavy atom. The number of hydrogen-bond acceptors (Lipinski definition) is 4. The maximum absolute atomic E-state index is 8.67. The fourth-order valence-electron chi connectivity index (χ4n) is 1.69. The summed E-state index contributed by atoms with van der Waals surface area (Å²) in [4.78, 5) is 0. The lowest BCUT2D eigenvalue weighted by Gasteiger charge is -2.12. The molecule has 0 atom stereocenters. The molecule has 102 valence electrons. The van der Waals surface area contributed by atoms with E-state index in [0.717, 1.165) is 24.5 Å². The van der Waals surface area contributed by atoms with Crippen molar-refractivity contribution in [3.05, 3.63) is 23.8 Å². The highest BCUT2D eigenvalue weighted by Gasteiger charge is 2.05. The van der Waals surface area contributed by atoms with Gasteiger partial charge in [-0.25, -0.2) is 0 Å². The molecule has 4 nitrogen and oxygen atoms in total. The van der Waals surface area contributed by atoms with Crippen LogP contribution in [0.1, 0.15) is 19.4 Å². The zero-order valence-electron chi connectivity index (χ0n) is 11.2. The number of aliphatic hydroxyl groups is 1. The average Bonchev–Trinajstić information content (AvgIpc) is 2.38. The van der Waals surface area contributed by atoms with Gasteiger partial charge in [0.2, 0.25) is 0 Å². The van der Waals surface area contributed by atoms with E-state index in [1.165, 1.54) is 5.56 Å². The van der Waals surface area contributed by atoms with E-state index in [9.17, 15) is 0 Å². The lowest BCUT2D eigenvalue weighted by Crippen LogP contribution is -2.20. The van der Waals surface area contributed by atoms with Crippen LogP contribution in [-0.2, 0) is 6.42 Å². The molecule has 2 N–H and O–H groups in total. The third-order valence-electron chi connectivity index (χ3n) is 2.49. The van der Waals surface area contributed by atoms with Crippen LogP contribution >= 0.6 is 0 Å². The highest BCUT2D eigenvalue weighted by Crippen LogP contribution is 2.28. The number of hydrogen-bond donors (Lipinski definition) is 2. The molecule has 1 rings (SSSR count). The van der Waals surface area contributed by atoms with Crippen molar-refractivity contribution in [1.82, 2.24) is 5.32 Å². The van der Waals surface area contributed by atoms with Crippen LogP contribution < -0.4 is 14.8 Å². The van der Waals surface area contributed by atoms with Crippen LogP contribution in [0.15, 0.2) is 18.2 Å². The van der Waals surface area contributed by atoms with Crippen molar-refractivity contribution in [1.29, 1.82) is 0 Å². The zero-order valence-corrected chi connectivity index (χ0v) is 11.2. The van der Waals surface area contributed by atoms with Gasteiger partial charge in [0.15, 0.2) is 11.5 Å². The summed E-state index contributed by atoms with van der Waals surface area (Å²) in [5.74, 6) is 1.60. The number of benzene rings is 1. The Labute approximate surface area is 109 Å². The van der Waals surface area contributed by atoms with Crippen LogP contribution in [0.25, 0.3) is 0 Å². The lowest BCUT2D eigenvalue weighted by molar-refractivity contribution is 0.287. The maximum atomic E-state index is 8.67. The summed E-state index contributed by atoms with van der Waals surface area (Å²) in [5.41, 5.74) is 1.20. The molecule has 0 bridgehead atoms. The molecule has 0 radical (unpaired) electrons. The monoisotopic (exact) mass is 253 g/mol. The third kappa shape index (κ3) is 4.94. The van der Waals surface area contributed by atoms with E-state index >= 15 is 0 Å². The molecule has 18 heavy (non-hydrogen) atoms. The molecule has 0 heterocycles. The first kappa shape index (κ1) is 14.8. The standard InChI is InChI=1S/C14H23NO3/c1-3-17-13-6-5-12(7-8-15-9-10-16)11-14(13)18-4-2/h5-6,11,15-16H,3-4,7-10H2,1-2H3. The van der Waals surface area contributed by atoms with Crippen LogP contribution in [0.3, 0.4) is 0 Å². The molecule has 0 amide bonds. The molecule has 1 aromatic rings. The minimum Gasteiger partial charge on any atom is -0.490 e. The van der Waals surface area contributed by atoms with Crippen molar-refractivity contribution in [3.63, 3.8) is 0 Å². The SMILES string of the molecule is CCOc1ccc(CCNCCO)cc1OCC. The van der Waals surface area contributed by atoms with Crippen molar-refractivity contribution < 1.29 is 14.6 Å². The zero-order chi connectivity index (χ0) is 13.2. The summed E-state index contributed by atoms with van der Waals surface area (Å²) >= 11 is 0. The topological polar surface area (TPSA) is 50.7 Å². The van der Waals surface area contributed by atoms with Gasteiger partial charge in [-0.1, -0.05) is 6.07 Å². The fourth-order valence-corrected chi connectivity index (χ4v) is 1.69. The highest BCUT2D eigenvalue weighted by atomic mass is 16.5. The average molecular weight is 253 g/mol. The van der Waals surface area contributed by atoms with E-state index in [2.05, 4.69) is 5.32 Å². The van der Waals surface area contributed by atoms with Gasteiger partial charge in [-0.3, -0.25) is 0 Å². The van der Waals surface area contributed by atoms with Crippen LogP contribution in [0.2, 0.25) is 0 Å². The summed E-state index contributed by atoms with van der Waals surface area (Å²) in [6.45, 7) is 6.85. The Hall–Kier alpha value is -1.26. The predicted molar refractivity (Wildman–Crippen MR) is 72.4 cm³/mol. The van der Waals surface area contributed by atoms with Gasteiger partial charge < -0.3 is 19.9 Å². The molecular weight excluding hydrogens is 230 g/mol. The first-order chi connectivity index (χ1) is 8.81. The quantitative estimate of drug-likeness (QED) is 0.656. The highest BCUT2D eigenvalue weighted by molar-refractivity contribution is 5.43. The molecule has 0 saturated heterocycles. The van der Waals surface area contributed by atoms with E-state index in [-0.39, 0.29) is 6.61 Å². The minimum atomic E-state index is 0.174. The van der Waals surface area contributed by atoms with E-state index < -0.39 is 0 Å². The molecule has 0 aliphatic carbocycles. The van der Waals surface area contributed by atoms with Crippen molar-refractivity contribution in [2.24, 2.45) is 0 Å². The Balaban J connectivity index is 2.61. The fraction of sp³-hybridized carbons (Fsp3) is 0.571. The third-order valence-corrected chi connectivity index (χ3v) is 2.49. The number of rotatable bonds is 9. The molecule has 0 unspecified atom stereocenters. The number of ether oxygens (including phenoxy) is 2. The second kappa shape index (κ2) is 8.78. The number of nitrogens with one attached hydrogen (secondary N) is 1. The summed E-state index contributed by atoms with van der Waals surface area (Å²) in [5, 5.41) is 11.8. The van der Waals surface area contributed by atoms with Gasteiger partial charge >= 0.3 is 0 Å². The lowest BCUT2D eigenvalue weighted by atomic mass is 10.1. The van der Waals surface area contributed by atoms with E-state index in [0.29, 0.717) is 19.8 Å². The van der Waals surface area contributed by atoms with Gasteiger partial charge in [0.25, 0.3) is 0 Å². The normalized spacial score (nSPS) is 10.4. The molecule has 0 fully saturated rings. The second-order valence-electron chi connectivity index (χ2n) is 3.87. The summed E-state index contributed by atoms with van der Waals surface area (Å²) in [6.07, 6.45) is 0.909. The second-order valence-corrected chi connectivity index (χ2v) is 3.87. The minimum absolute atomic E-state index is 0.174. The Kier molecular flexibility index (Phi) is 7.22. The largest absolute Gasteiger partial charge is 0.490 e. The first-order valence-electron chi connectivity index (χ1n) is 6.51. The summed E-state index contributed by atoms with van der Waals surface area (Å²) < 4.78 is 11.1. The molecule has 0 aromatic heterocycles. The van der Waals surface area contributed by atoms with Gasteiger partial charge in [-0.2, -0.15) is 0 Å². The molecule has 4 heteroatoms. The Bertz CT molecular complexity index is 342. The van der Waals surface area contributed by atoms with Crippen LogP contribution in [-0.4, -0.2) is 38.0 Å². The van der Waals surface area contributed by atoms with Crippen molar-refractivity contribution in [2.45, 2.75) is 20.3 Å². The van der Waals surface area contributed by atoms with Gasteiger partial charge in [0.05, 0.1) is 19.8 Å². The summed E-state index contributed by atoms with van der Waals surface area (Å²) in [7, 11) is 0. The van der Waals surface area contributed by atoms with Crippen LogP contribution in [0.5, 0.6) is 11.5 Å². The van der Waals surface area contributed by atoms with Gasteiger partial charge in [-0.15, -0.1) is 0 Å². The van der Waals surface area contributed by atoms with Gasteiger partial charge in [0, 0.05) is 6.54 Å². The smallest absolute Gasteiger partial charge is 0.161 e. The maximum Gasteiger partial charge on any atom is 0.161 e. The molecule has 0 spiro atoms. The molecule has 1 aromatic carbocycles. The van der Waals surface area contributed by atoms with Crippen molar-refractivity contribution >= 4 is 0 Å². The van der Waals surface area contributed by atoms with Crippen molar-refractivity contribution in [2.75, 3.05) is 32.9 Å². The van der Waals surface area contributed by atoms with Gasteiger partial charge in [-0.05, 0) is 44.5 Å². The first-order valence-corrected chi connectivity index (χ1v) is 6.51. The van der Waals surface area contributed by atoms with E-state index in [1.54, 1.807) is 0 Å². The van der Waals surface area contributed by atoms with Crippen molar-refractivity contribution in [3.8, 4) is 11.5 Å². The Morgan fingerprint density at radius 1 is 1.06 bits per heavy atom. The predicted octanol–water partition coefficient (Wildman–Crippen LogP) is 1.61. The number of aliphatic hydroxyl groups excluding tert-OH is 1. The van der Waals surface area contributed by atoms with Crippen LogP contribution in [0, 0.1) is 0 Å². The molecular formula is C14H23NO3. The van der Waals surface area contributed by atoms with Crippen LogP contribution in [0.4, 0.5) is 0 Å². The Morgan fingerprint density at radius 3 is 2.44 bits per heavy atom. The molecule has 0 aliphatic rings. The molecule has 0 aliphatic heterocycles. The van der Waals surface area contributed by atoms with E-state index in [1.807, 2.05) is 32.0 Å². The van der Waals surface area contributed by atoms with E-state index in [4.69, 9.17) is 14.6 Å².